The molecule has 5 heteroatoms. The Hall–Kier alpha value is -2.35. The third-order valence-corrected chi connectivity index (χ3v) is 2.89. The highest BCUT2D eigenvalue weighted by Gasteiger charge is 2.20. The lowest BCUT2D eigenvalue weighted by Gasteiger charge is -2.30. The van der Waals surface area contributed by atoms with Gasteiger partial charge in [-0.15, -0.1) is 0 Å². The van der Waals surface area contributed by atoms with E-state index in [2.05, 4.69) is 5.32 Å². The molecule has 2 rings (SSSR count). The van der Waals surface area contributed by atoms with Crippen LogP contribution in [-0.2, 0) is 4.79 Å². The summed E-state index contributed by atoms with van der Waals surface area (Å²) in [6.45, 7) is 1.59. The van der Waals surface area contributed by atoms with E-state index in [-0.39, 0.29) is 18.4 Å². The first-order valence-corrected chi connectivity index (χ1v) is 5.77. The van der Waals surface area contributed by atoms with Crippen molar-refractivity contribution in [2.45, 2.75) is 6.42 Å². The zero-order valence-corrected chi connectivity index (χ0v) is 9.85. The summed E-state index contributed by atoms with van der Waals surface area (Å²) in [5.74, 6) is -0.350. The van der Waals surface area contributed by atoms with Crippen LogP contribution < -0.4 is 5.32 Å². The molecule has 1 aromatic rings. The number of likely N-dealkylation sites (tertiary alicyclic amines) is 1. The van der Waals surface area contributed by atoms with Crippen molar-refractivity contribution in [1.29, 1.82) is 5.26 Å². The van der Waals surface area contributed by atoms with E-state index in [1.165, 1.54) is 0 Å². The highest BCUT2D eigenvalue weighted by Crippen LogP contribution is 2.06. The molecule has 0 spiro atoms. The molecule has 0 bridgehead atoms. The van der Waals surface area contributed by atoms with E-state index in [9.17, 15) is 9.59 Å². The van der Waals surface area contributed by atoms with E-state index in [0.717, 1.165) is 19.5 Å². The lowest BCUT2D eigenvalue weighted by molar-refractivity contribution is -0.133. The average Bonchev–Trinajstić information content (AvgIpc) is 2.34. The molecule has 1 fully saturated rings. The van der Waals surface area contributed by atoms with Crippen molar-refractivity contribution in [3.8, 4) is 6.07 Å². The minimum absolute atomic E-state index is 0.0266. The van der Waals surface area contributed by atoms with Crippen molar-refractivity contribution in [2.75, 3.05) is 19.6 Å². The van der Waals surface area contributed by atoms with Gasteiger partial charge in [-0.05, 0) is 30.7 Å². The van der Waals surface area contributed by atoms with Crippen LogP contribution in [0.15, 0.2) is 24.3 Å². The summed E-state index contributed by atoms with van der Waals surface area (Å²) in [5, 5.41) is 11.2. The average molecular weight is 243 g/mol. The van der Waals surface area contributed by atoms with E-state index in [1.54, 1.807) is 29.2 Å². The van der Waals surface area contributed by atoms with Gasteiger partial charge >= 0.3 is 0 Å². The zero-order chi connectivity index (χ0) is 13.0. The van der Waals surface area contributed by atoms with Crippen molar-refractivity contribution in [3.05, 3.63) is 35.4 Å². The fourth-order valence-electron chi connectivity index (χ4n) is 1.63. The Balaban J connectivity index is 1.87. The molecule has 18 heavy (non-hydrogen) atoms. The number of hydrogen-bond acceptors (Lipinski definition) is 3. The summed E-state index contributed by atoms with van der Waals surface area (Å²) in [4.78, 5) is 25.0. The van der Waals surface area contributed by atoms with Crippen molar-refractivity contribution in [1.82, 2.24) is 10.2 Å². The van der Waals surface area contributed by atoms with Gasteiger partial charge in [-0.1, -0.05) is 0 Å². The minimum Gasteiger partial charge on any atom is -0.343 e. The van der Waals surface area contributed by atoms with Crippen molar-refractivity contribution in [2.24, 2.45) is 0 Å². The second kappa shape index (κ2) is 5.32. The second-order valence-electron chi connectivity index (χ2n) is 4.11. The number of nitrogens with zero attached hydrogens (tertiary/aromatic N) is 2. The summed E-state index contributed by atoms with van der Waals surface area (Å²) in [5.41, 5.74) is 0.952. The molecule has 1 heterocycles. The molecule has 92 valence electrons. The number of nitrogens with one attached hydrogen (secondary N) is 1. The molecule has 0 saturated carbocycles. The molecule has 0 aliphatic carbocycles. The van der Waals surface area contributed by atoms with E-state index in [0.29, 0.717) is 11.1 Å². The molecule has 0 atom stereocenters. The van der Waals surface area contributed by atoms with Gasteiger partial charge in [-0.25, -0.2) is 0 Å². The van der Waals surface area contributed by atoms with Gasteiger partial charge in [0.25, 0.3) is 5.91 Å². The summed E-state index contributed by atoms with van der Waals surface area (Å²) in [6, 6.07) is 8.27. The Morgan fingerprint density at radius 3 is 2.44 bits per heavy atom. The van der Waals surface area contributed by atoms with Crippen LogP contribution in [0, 0.1) is 11.3 Å². The zero-order valence-electron chi connectivity index (χ0n) is 9.85. The Kier molecular flexibility index (Phi) is 3.58. The third kappa shape index (κ3) is 2.66. The highest BCUT2D eigenvalue weighted by molar-refractivity contribution is 5.96. The highest BCUT2D eigenvalue weighted by atomic mass is 16.2. The van der Waals surface area contributed by atoms with Crippen molar-refractivity contribution in [3.63, 3.8) is 0 Å². The van der Waals surface area contributed by atoms with Crippen LogP contribution in [0.1, 0.15) is 22.3 Å². The second-order valence-corrected chi connectivity index (χ2v) is 4.11. The fraction of sp³-hybridized carbons (Fsp3) is 0.308. The van der Waals surface area contributed by atoms with E-state index in [1.807, 2.05) is 6.07 Å². The Labute approximate surface area is 105 Å². The van der Waals surface area contributed by atoms with Crippen molar-refractivity contribution < 1.29 is 9.59 Å². The predicted octanol–water partition coefficient (Wildman–Crippen LogP) is 0.520. The van der Waals surface area contributed by atoms with Crippen LogP contribution in [0.5, 0.6) is 0 Å². The van der Waals surface area contributed by atoms with Gasteiger partial charge in [0, 0.05) is 18.7 Å². The van der Waals surface area contributed by atoms with Crippen LogP contribution >= 0.6 is 0 Å². The Morgan fingerprint density at radius 2 is 1.94 bits per heavy atom. The molecule has 1 N–H and O–H groups in total. The minimum atomic E-state index is -0.298. The van der Waals surface area contributed by atoms with Gasteiger partial charge in [-0.3, -0.25) is 9.59 Å². The molecule has 0 aromatic heterocycles. The molecule has 2 amide bonds. The van der Waals surface area contributed by atoms with Gasteiger partial charge in [0.2, 0.25) is 5.91 Å². The number of carbonyl (C=O) groups excluding carboxylic acids is 2. The number of hydrogen-bond donors (Lipinski definition) is 1. The molecule has 1 aliphatic heterocycles. The fourth-order valence-corrected chi connectivity index (χ4v) is 1.63. The Morgan fingerprint density at radius 1 is 1.28 bits per heavy atom. The van der Waals surface area contributed by atoms with E-state index in [4.69, 9.17) is 5.26 Å². The topological polar surface area (TPSA) is 73.2 Å². The monoisotopic (exact) mass is 243 g/mol. The SMILES string of the molecule is N#Cc1ccc(C(=O)NCC(=O)N2CCC2)cc1. The molecular formula is C13H13N3O2. The molecule has 0 radical (unpaired) electrons. The van der Waals surface area contributed by atoms with Gasteiger partial charge < -0.3 is 10.2 Å². The molecule has 1 saturated heterocycles. The molecule has 5 nitrogen and oxygen atoms in total. The number of nitriles is 1. The number of amides is 2. The van der Waals surface area contributed by atoms with Crippen LogP contribution in [0.2, 0.25) is 0 Å². The molecular weight excluding hydrogens is 230 g/mol. The van der Waals surface area contributed by atoms with Crippen LogP contribution in [0.3, 0.4) is 0 Å². The van der Waals surface area contributed by atoms with Crippen LogP contribution in [0.4, 0.5) is 0 Å². The maximum Gasteiger partial charge on any atom is 0.251 e. The first-order chi connectivity index (χ1) is 8.70. The summed E-state index contributed by atoms with van der Waals surface area (Å²) in [6.07, 6.45) is 1.04. The summed E-state index contributed by atoms with van der Waals surface area (Å²) >= 11 is 0. The first-order valence-electron chi connectivity index (χ1n) is 5.77. The largest absolute Gasteiger partial charge is 0.343 e. The maximum atomic E-state index is 11.7. The van der Waals surface area contributed by atoms with E-state index < -0.39 is 0 Å². The molecule has 1 aromatic carbocycles. The van der Waals surface area contributed by atoms with Gasteiger partial charge in [0.05, 0.1) is 18.2 Å². The number of benzene rings is 1. The number of carbonyl (C=O) groups is 2. The standard InChI is InChI=1S/C13H13N3O2/c14-8-10-2-4-11(5-3-10)13(18)15-9-12(17)16-6-1-7-16/h2-5H,1,6-7,9H2,(H,15,18). The van der Waals surface area contributed by atoms with Gasteiger partial charge in [-0.2, -0.15) is 5.26 Å². The summed E-state index contributed by atoms with van der Waals surface area (Å²) in [7, 11) is 0. The third-order valence-electron chi connectivity index (χ3n) is 2.89. The normalized spacial score (nSPS) is 13.4. The van der Waals surface area contributed by atoms with Gasteiger partial charge in [0.15, 0.2) is 0 Å². The van der Waals surface area contributed by atoms with Gasteiger partial charge in [0.1, 0.15) is 0 Å². The quantitative estimate of drug-likeness (QED) is 0.841. The number of rotatable bonds is 3. The summed E-state index contributed by atoms with van der Waals surface area (Å²) < 4.78 is 0. The molecule has 1 aliphatic rings. The van der Waals surface area contributed by atoms with Crippen LogP contribution in [0.25, 0.3) is 0 Å². The van der Waals surface area contributed by atoms with Crippen molar-refractivity contribution >= 4 is 11.8 Å². The maximum absolute atomic E-state index is 11.7. The lowest BCUT2D eigenvalue weighted by Crippen LogP contribution is -2.47. The molecule has 0 unspecified atom stereocenters. The smallest absolute Gasteiger partial charge is 0.251 e. The first kappa shape index (κ1) is 12.1. The predicted molar refractivity (Wildman–Crippen MR) is 64.7 cm³/mol. The Bertz CT molecular complexity index is 498. The van der Waals surface area contributed by atoms with E-state index >= 15 is 0 Å². The lowest BCUT2D eigenvalue weighted by atomic mass is 10.1. The van der Waals surface area contributed by atoms with Crippen LogP contribution in [-0.4, -0.2) is 36.3 Å².